The summed E-state index contributed by atoms with van der Waals surface area (Å²) < 4.78 is 0. The first-order valence-corrected chi connectivity index (χ1v) is 10.2. The molecule has 24 heavy (non-hydrogen) atoms. The van der Waals surface area contributed by atoms with E-state index >= 15 is 0 Å². The first-order valence-electron chi connectivity index (χ1n) is 9.19. The van der Waals surface area contributed by atoms with Gasteiger partial charge < -0.3 is 10.2 Å². The standard InChI is InChI=1S/C18H28N4OS/c1-2-24-16-5-3-4-15(12-16)21-18(23)14-6-10-22(11-7-14)17-13-19-8-9-20-17/h8-9,13-16H,2-7,10-12H2,1H3,(H,21,23)/t15-,16+/m1/s1. The van der Waals surface area contributed by atoms with E-state index < -0.39 is 0 Å². The summed E-state index contributed by atoms with van der Waals surface area (Å²) in [4.78, 5) is 23.3. The molecule has 6 heteroatoms. The molecular formula is C18H28N4OS. The van der Waals surface area contributed by atoms with Gasteiger partial charge in [0.1, 0.15) is 5.82 Å². The number of carbonyl (C=O) groups excluding carboxylic acids is 1. The van der Waals surface area contributed by atoms with Crippen LogP contribution in [0.1, 0.15) is 45.4 Å². The first-order chi connectivity index (χ1) is 11.8. The molecule has 2 fully saturated rings. The molecule has 2 heterocycles. The number of aromatic nitrogens is 2. The fourth-order valence-electron chi connectivity index (χ4n) is 3.81. The van der Waals surface area contributed by atoms with Gasteiger partial charge in [0.05, 0.1) is 6.20 Å². The molecule has 2 aliphatic rings. The number of hydrogen-bond acceptors (Lipinski definition) is 5. The Morgan fingerprint density at radius 3 is 2.83 bits per heavy atom. The van der Waals surface area contributed by atoms with Gasteiger partial charge in [-0.15, -0.1) is 0 Å². The SMILES string of the molecule is CCS[C@H]1CCC[C@@H](NC(=O)C2CCN(c3cnccn3)CC2)C1. The summed E-state index contributed by atoms with van der Waals surface area (Å²) in [5.74, 6) is 2.51. The molecule has 1 N–H and O–H groups in total. The Hall–Kier alpha value is -1.30. The zero-order chi connectivity index (χ0) is 16.8. The first kappa shape index (κ1) is 17.5. The van der Waals surface area contributed by atoms with Gasteiger partial charge in [0.2, 0.25) is 5.91 Å². The normalized spacial score (nSPS) is 25.5. The van der Waals surface area contributed by atoms with Crippen LogP contribution in [0.3, 0.4) is 0 Å². The van der Waals surface area contributed by atoms with E-state index in [4.69, 9.17) is 0 Å². The van der Waals surface area contributed by atoms with Crippen molar-refractivity contribution in [3.8, 4) is 0 Å². The van der Waals surface area contributed by atoms with Crippen LogP contribution < -0.4 is 10.2 Å². The molecule has 1 aliphatic carbocycles. The number of thioether (sulfide) groups is 1. The molecule has 1 saturated heterocycles. The van der Waals surface area contributed by atoms with Crippen LogP contribution in [0, 0.1) is 5.92 Å². The highest BCUT2D eigenvalue weighted by atomic mass is 32.2. The Kier molecular flexibility index (Phi) is 6.35. The Morgan fingerprint density at radius 1 is 1.29 bits per heavy atom. The number of nitrogens with zero attached hydrogens (tertiary/aromatic N) is 3. The van der Waals surface area contributed by atoms with E-state index in [9.17, 15) is 4.79 Å². The van der Waals surface area contributed by atoms with Crippen LogP contribution in [0.25, 0.3) is 0 Å². The fraction of sp³-hybridized carbons (Fsp3) is 0.722. The average molecular weight is 349 g/mol. The molecule has 5 nitrogen and oxygen atoms in total. The van der Waals surface area contributed by atoms with Crippen LogP contribution in [0.15, 0.2) is 18.6 Å². The van der Waals surface area contributed by atoms with Gasteiger partial charge in [-0.05, 0) is 37.9 Å². The van der Waals surface area contributed by atoms with Crippen molar-refractivity contribution < 1.29 is 4.79 Å². The quantitative estimate of drug-likeness (QED) is 0.887. The Balaban J connectivity index is 1.45. The minimum Gasteiger partial charge on any atom is -0.355 e. The van der Waals surface area contributed by atoms with Crippen molar-refractivity contribution in [1.82, 2.24) is 15.3 Å². The van der Waals surface area contributed by atoms with Crippen molar-refractivity contribution in [3.05, 3.63) is 18.6 Å². The lowest BCUT2D eigenvalue weighted by Gasteiger charge is -2.34. The van der Waals surface area contributed by atoms with Crippen molar-refractivity contribution in [2.24, 2.45) is 5.92 Å². The molecule has 0 aromatic carbocycles. The van der Waals surface area contributed by atoms with Crippen molar-refractivity contribution in [3.63, 3.8) is 0 Å². The molecular weight excluding hydrogens is 320 g/mol. The lowest BCUT2D eigenvalue weighted by atomic mass is 9.92. The summed E-state index contributed by atoms with van der Waals surface area (Å²) in [6.45, 7) is 3.99. The highest BCUT2D eigenvalue weighted by Crippen LogP contribution is 2.29. The molecule has 2 atom stereocenters. The minimum absolute atomic E-state index is 0.150. The van der Waals surface area contributed by atoms with E-state index in [2.05, 4.69) is 27.1 Å². The number of piperidine rings is 1. The summed E-state index contributed by atoms with van der Waals surface area (Å²) in [5, 5.41) is 4.06. The maximum atomic E-state index is 12.6. The van der Waals surface area contributed by atoms with Gasteiger partial charge in [0, 0.05) is 42.7 Å². The largest absolute Gasteiger partial charge is 0.355 e. The summed E-state index contributed by atoms with van der Waals surface area (Å²) >= 11 is 2.05. The molecule has 0 radical (unpaired) electrons. The van der Waals surface area contributed by atoms with Crippen LogP contribution in [0.2, 0.25) is 0 Å². The molecule has 1 aromatic heterocycles. The van der Waals surface area contributed by atoms with Crippen molar-refractivity contribution >= 4 is 23.5 Å². The molecule has 132 valence electrons. The second-order valence-electron chi connectivity index (χ2n) is 6.77. The summed E-state index contributed by atoms with van der Waals surface area (Å²) in [5.41, 5.74) is 0. The van der Waals surface area contributed by atoms with Gasteiger partial charge in [-0.2, -0.15) is 11.8 Å². The number of carbonyl (C=O) groups is 1. The van der Waals surface area contributed by atoms with Gasteiger partial charge in [-0.25, -0.2) is 4.98 Å². The van der Waals surface area contributed by atoms with Crippen molar-refractivity contribution in [2.75, 3.05) is 23.7 Å². The number of rotatable bonds is 5. The lowest BCUT2D eigenvalue weighted by Crippen LogP contribution is -2.45. The van der Waals surface area contributed by atoms with E-state index in [1.807, 2.05) is 11.8 Å². The molecule has 1 amide bonds. The zero-order valence-electron chi connectivity index (χ0n) is 14.5. The topological polar surface area (TPSA) is 58.1 Å². The zero-order valence-corrected chi connectivity index (χ0v) is 15.3. The molecule has 0 bridgehead atoms. The van der Waals surface area contributed by atoms with Crippen LogP contribution in [-0.4, -0.2) is 46.0 Å². The smallest absolute Gasteiger partial charge is 0.223 e. The third-order valence-electron chi connectivity index (χ3n) is 5.11. The maximum Gasteiger partial charge on any atom is 0.223 e. The summed E-state index contributed by atoms with van der Waals surface area (Å²) in [6.07, 6.45) is 11.9. The van der Waals surface area contributed by atoms with Crippen LogP contribution in [0.5, 0.6) is 0 Å². The monoisotopic (exact) mass is 348 g/mol. The fourth-order valence-corrected chi connectivity index (χ4v) is 4.98. The number of nitrogens with one attached hydrogen (secondary N) is 1. The van der Waals surface area contributed by atoms with E-state index in [0.29, 0.717) is 6.04 Å². The van der Waals surface area contributed by atoms with Gasteiger partial charge in [-0.1, -0.05) is 13.3 Å². The Bertz CT molecular complexity index is 517. The van der Waals surface area contributed by atoms with Crippen LogP contribution >= 0.6 is 11.8 Å². The number of hydrogen-bond donors (Lipinski definition) is 1. The predicted octanol–water partition coefficient (Wildman–Crippen LogP) is 2.87. The predicted molar refractivity (Wildman–Crippen MR) is 99.3 cm³/mol. The lowest BCUT2D eigenvalue weighted by molar-refractivity contribution is -0.126. The van der Waals surface area contributed by atoms with Gasteiger partial charge in [0.15, 0.2) is 0 Å². The third kappa shape index (κ3) is 4.62. The van der Waals surface area contributed by atoms with E-state index in [-0.39, 0.29) is 11.8 Å². The molecule has 1 aromatic rings. The van der Waals surface area contributed by atoms with Gasteiger partial charge >= 0.3 is 0 Å². The Morgan fingerprint density at radius 2 is 2.12 bits per heavy atom. The van der Waals surface area contributed by atoms with Crippen LogP contribution in [0.4, 0.5) is 5.82 Å². The van der Waals surface area contributed by atoms with Crippen molar-refractivity contribution in [2.45, 2.75) is 56.7 Å². The number of anilines is 1. The second-order valence-corrected chi connectivity index (χ2v) is 8.35. The average Bonchev–Trinajstić information content (AvgIpc) is 2.63. The summed E-state index contributed by atoms with van der Waals surface area (Å²) in [6, 6.07) is 0.383. The highest BCUT2D eigenvalue weighted by molar-refractivity contribution is 7.99. The van der Waals surface area contributed by atoms with E-state index in [0.717, 1.165) is 49.8 Å². The highest BCUT2D eigenvalue weighted by Gasteiger charge is 2.29. The number of amides is 1. The van der Waals surface area contributed by atoms with E-state index in [1.54, 1.807) is 18.6 Å². The molecule has 1 saturated carbocycles. The second kappa shape index (κ2) is 8.70. The molecule has 0 spiro atoms. The minimum atomic E-state index is 0.150. The van der Waals surface area contributed by atoms with Gasteiger partial charge in [-0.3, -0.25) is 9.78 Å². The molecule has 0 unspecified atom stereocenters. The maximum absolute atomic E-state index is 12.6. The van der Waals surface area contributed by atoms with Crippen molar-refractivity contribution in [1.29, 1.82) is 0 Å². The Labute approximate surface area is 149 Å². The third-order valence-corrected chi connectivity index (χ3v) is 6.35. The summed E-state index contributed by atoms with van der Waals surface area (Å²) in [7, 11) is 0. The van der Waals surface area contributed by atoms with Crippen LogP contribution in [-0.2, 0) is 4.79 Å². The van der Waals surface area contributed by atoms with E-state index in [1.165, 1.54) is 18.6 Å². The van der Waals surface area contributed by atoms with Gasteiger partial charge in [0.25, 0.3) is 0 Å². The molecule has 3 rings (SSSR count). The molecule has 1 aliphatic heterocycles.